The van der Waals surface area contributed by atoms with Gasteiger partial charge in [0.15, 0.2) is 0 Å². The lowest BCUT2D eigenvalue weighted by molar-refractivity contribution is 0.102. The molecule has 0 radical (unpaired) electrons. The van der Waals surface area contributed by atoms with Crippen molar-refractivity contribution in [1.82, 2.24) is 0 Å². The molecule has 2 aromatic rings. The predicted molar refractivity (Wildman–Crippen MR) is 83.5 cm³/mol. The van der Waals surface area contributed by atoms with Gasteiger partial charge in [-0.2, -0.15) is 0 Å². The Kier molecular flexibility index (Phi) is 4.86. The van der Waals surface area contributed by atoms with E-state index >= 15 is 0 Å². The van der Waals surface area contributed by atoms with Crippen molar-refractivity contribution >= 4 is 50.7 Å². The van der Waals surface area contributed by atoms with Gasteiger partial charge in [-0.25, -0.2) is 0 Å². The number of carbonyl (C=O) groups excluding carboxylic acids is 1. The van der Waals surface area contributed by atoms with E-state index in [1.54, 1.807) is 18.2 Å². The molecule has 2 nitrogen and oxygen atoms in total. The maximum atomic E-state index is 12.0. The zero-order valence-corrected chi connectivity index (χ0v) is 12.9. The highest BCUT2D eigenvalue weighted by Crippen LogP contribution is 2.23. The molecule has 0 aliphatic carbocycles. The molecule has 0 aromatic heterocycles. The number of alkyl halides is 1. The van der Waals surface area contributed by atoms with Crippen LogP contribution in [0.25, 0.3) is 0 Å². The first-order chi connectivity index (χ1) is 9.10. The Hall–Kier alpha value is -1.03. The number of hydrogen-bond acceptors (Lipinski definition) is 1. The van der Waals surface area contributed by atoms with E-state index in [1.165, 1.54) is 0 Å². The van der Waals surface area contributed by atoms with Gasteiger partial charge in [0.25, 0.3) is 5.91 Å². The Labute approximate surface area is 129 Å². The lowest BCUT2D eigenvalue weighted by atomic mass is 10.2. The van der Waals surface area contributed by atoms with Crippen LogP contribution in [-0.2, 0) is 5.33 Å². The fourth-order valence-electron chi connectivity index (χ4n) is 1.52. The van der Waals surface area contributed by atoms with Crippen LogP contribution in [0, 0.1) is 0 Å². The molecule has 0 unspecified atom stereocenters. The molecule has 0 bridgehead atoms. The van der Waals surface area contributed by atoms with E-state index in [9.17, 15) is 4.79 Å². The van der Waals surface area contributed by atoms with Crippen molar-refractivity contribution in [2.24, 2.45) is 0 Å². The summed E-state index contributed by atoms with van der Waals surface area (Å²) >= 11 is 15.1. The zero-order chi connectivity index (χ0) is 13.8. The van der Waals surface area contributed by atoms with Crippen LogP contribution in [0.1, 0.15) is 15.9 Å². The van der Waals surface area contributed by atoms with Crippen LogP contribution < -0.4 is 5.32 Å². The maximum Gasteiger partial charge on any atom is 0.255 e. The minimum absolute atomic E-state index is 0.217. The molecule has 0 fully saturated rings. The number of anilines is 1. The van der Waals surface area contributed by atoms with Gasteiger partial charge in [-0.15, -0.1) is 0 Å². The third-order valence-corrected chi connectivity index (χ3v) is 3.93. The second-order valence-corrected chi connectivity index (χ2v) is 5.29. The Morgan fingerprint density at radius 1 is 1.05 bits per heavy atom. The lowest BCUT2D eigenvalue weighted by Crippen LogP contribution is -2.11. The van der Waals surface area contributed by atoms with E-state index in [0.717, 1.165) is 16.6 Å². The van der Waals surface area contributed by atoms with Gasteiger partial charge in [-0.1, -0.05) is 51.3 Å². The fraction of sp³-hybridized carbons (Fsp3) is 0.0714. The number of halogens is 3. The van der Waals surface area contributed by atoms with Crippen molar-refractivity contribution < 1.29 is 4.79 Å². The number of benzene rings is 2. The third kappa shape index (κ3) is 3.72. The molecule has 1 N–H and O–H groups in total. The molecule has 0 saturated carbocycles. The Balaban J connectivity index is 2.13. The number of amides is 1. The highest BCUT2D eigenvalue weighted by atomic mass is 79.9. The van der Waals surface area contributed by atoms with Gasteiger partial charge in [-0.05, 0) is 35.9 Å². The molecule has 19 heavy (non-hydrogen) atoms. The maximum absolute atomic E-state index is 12.0. The SMILES string of the molecule is O=C(Nc1ccc(CBr)cc1)c1ccc(Cl)c(Cl)c1. The summed E-state index contributed by atoms with van der Waals surface area (Å²) in [5.74, 6) is -0.217. The predicted octanol–water partition coefficient (Wildman–Crippen LogP) is 5.14. The van der Waals surface area contributed by atoms with Crippen molar-refractivity contribution in [3.8, 4) is 0 Å². The molecule has 2 aromatic carbocycles. The van der Waals surface area contributed by atoms with Gasteiger partial charge in [0.05, 0.1) is 10.0 Å². The molecular formula is C14H10BrCl2NO. The molecule has 0 aliphatic heterocycles. The number of hydrogen-bond donors (Lipinski definition) is 1. The number of rotatable bonds is 3. The molecular weight excluding hydrogens is 349 g/mol. The Bertz CT molecular complexity index is 599. The largest absolute Gasteiger partial charge is 0.322 e. The summed E-state index contributed by atoms with van der Waals surface area (Å²) in [4.78, 5) is 12.0. The quantitative estimate of drug-likeness (QED) is 0.756. The first-order valence-corrected chi connectivity index (χ1v) is 7.39. The summed E-state index contributed by atoms with van der Waals surface area (Å²) in [6.45, 7) is 0. The van der Waals surface area contributed by atoms with Crippen molar-refractivity contribution in [2.45, 2.75) is 5.33 Å². The van der Waals surface area contributed by atoms with Crippen LogP contribution in [0.2, 0.25) is 10.0 Å². The van der Waals surface area contributed by atoms with Gasteiger partial charge >= 0.3 is 0 Å². The molecule has 0 spiro atoms. The summed E-state index contributed by atoms with van der Waals surface area (Å²) in [5, 5.41) is 4.38. The van der Waals surface area contributed by atoms with E-state index in [0.29, 0.717) is 15.6 Å². The number of nitrogens with one attached hydrogen (secondary N) is 1. The summed E-state index contributed by atoms with van der Waals surface area (Å²) in [7, 11) is 0. The average molecular weight is 359 g/mol. The lowest BCUT2D eigenvalue weighted by Gasteiger charge is -2.06. The topological polar surface area (TPSA) is 29.1 Å². The zero-order valence-electron chi connectivity index (χ0n) is 9.79. The summed E-state index contributed by atoms with van der Waals surface area (Å²) < 4.78 is 0. The van der Waals surface area contributed by atoms with Gasteiger partial charge in [-0.3, -0.25) is 4.79 Å². The van der Waals surface area contributed by atoms with Crippen LogP contribution in [-0.4, -0.2) is 5.91 Å². The normalized spacial score (nSPS) is 10.3. The third-order valence-electron chi connectivity index (χ3n) is 2.55. The average Bonchev–Trinajstić information content (AvgIpc) is 2.42. The Morgan fingerprint density at radius 2 is 1.74 bits per heavy atom. The summed E-state index contributed by atoms with van der Waals surface area (Å²) in [5.41, 5.74) is 2.35. The highest BCUT2D eigenvalue weighted by Gasteiger charge is 2.08. The molecule has 0 atom stereocenters. The standard InChI is InChI=1S/C14H10BrCl2NO/c15-8-9-1-4-11(5-2-9)18-14(19)10-3-6-12(16)13(17)7-10/h1-7H,8H2,(H,18,19). The van der Waals surface area contributed by atoms with E-state index < -0.39 is 0 Å². The van der Waals surface area contributed by atoms with Crippen LogP contribution in [0.15, 0.2) is 42.5 Å². The van der Waals surface area contributed by atoms with E-state index in [-0.39, 0.29) is 5.91 Å². The molecule has 0 heterocycles. The first kappa shape index (κ1) is 14.4. The first-order valence-electron chi connectivity index (χ1n) is 5.51. The molecule has 0 saturated heterocycles. The van der Waals surface area contributed by atoms with Crippen molar-refractivity contribution in [3.63, 3.8) is 0 Å². The molecule has 98 valence electrons. The molecule has 0 aliphatic rings. The van der Waals surface area contributed by atoms with Gasteiger partial charge < -0.3 is 5.32 Å². The molecule has 5 heteroatoms. The van der Waals surface area contributed by atoms with E-state index in [2.05, 4.69) is 21.2 Å². The summed E-state index contributed by atoms with van der Waals surface area (Å²) in [6, 6.07) is 12.4. The smallest absolute Gasteiger partial charge is 0.255 e. The second kappa shape index (κ2) is 6.42. The van der Waals surface area contributed by atoms with Crippen molar-refractivity contribution in [1.29, 1.82) is 0 Å². The van der Waals surface area contributed by atoms with Crippen LogP contribution in [0.3, 0.4) is 0 Å². The summed E-state index contributed by atoms with van der Waals surface area (Å²) in [6.07, 6.45) is 0. The van der Waals surface area contributed by atoms with E-state index in [4.69, 9.17) is 23.2 Å². The van der Waals surface area contributed by atoms with Crippen LogP contribution in [0.5, 0.6) is 0 Å². The van der Waals surface area contributed by atoms with Gasteiger partial charge in [0, 0.05) is 16.6 Å². The van der Waals surface area contributed by atoms with Crippen LogP contribution in [0.4, 0.5) is 5.69 Å². The van der Waals surface area contributed by atoms with E-state index in [1.807, 2.05) is 24.3 Å². The minimum atomic E-state index is -0.217. The fourth-order valence-corrected chi connectivity index (χ4v) is 2.19. The molecule has 1 amide bonds. The molecule has 2 rings (SSSR count). The second-order valence-electron chi connectivity index (χ2n) is 3.91. The van der Waals surface area contributed by atoms with Gasteiger partial charge in [0.1, 0.15) is 0 Å². The monoisotopic (exact) mass is 357 g/mol. The highest BCUT2D eigenvalue weighted by molar-refractivity contribution is 9.08. The van der Waals surface area contributed by atoms with Crippen molar-refractivity contribution in [2.75, 3.05) is 5.32 Å². The van der Waals surface area contributed by atoms with Gasteiger partial charge in [0.2, 0.25) is 0 Å². The van der Waals surface area contributed by atoms with Crippen LogP contribution >= 0.6 is 39.1 Å². The number of carbonyl (C=O) groups is 1. The Morgan fingerprint density at radius 3 is 2.32 bits per heavy atom. The van der Waals surface area contributed by atoms with Crippen molar-refractivity contribution in [3.05, 3.63) is 63.6 Å². The minimum Gasteiger partial charge on any atom is -0.322 e.